The zero-order chi connectivity index (χ0) is 28.8. The number of ether oxygens (including phenoxy) is 2. The second kappa shape index (κ2) is 10.3. The zero-order valence-electron chi connectivity index (χ0n) is 24.0. The predicted octanol–water partition coefficient (Wildman–Crippen LogP) is 2.08. The predicted molar refractivity (Wildman–Crippen MR) is 139 cm³/mol. The van der Waals surface area contributed by atoms with E-state index in [0.29, 0.717) is 19.5 Å². The van der Waals surface area contributed by atoms with Crippen molar-refractivity contribution in [3.8, 4) is 0 Å². The fourth-order valence-corrected chi connectivity index (χ4v) is 5.61. The number of aliphatic imine (C=N–C) groups is 1. The Morgan fingerprint density at radius 3 is 2.29 bits per heavy atom. The minimum absolute atomic E-state index is 0.00389. The van der Waals surface area contributed by atoms with E-state index < -0.39 is 52.9 Å². The third kappa shape index (κ3) is 6.18. The first-order chi connectivity index (χ1) is 17.4. The van der Waals surface area contributed by atoms with Gasteiger partial charge in [0.1, 0.15) is 23.4 Å². The Hall–Kier alpha value is -2.98. The van der Waals surface area contributed by atoms with Gasteiger partial charge in [-0.1, -0.05) is 34.6 Å². The Bertz CT molecular complexity index is 1040. The van der Waals surface area contributed by atoms with Crippen LogP contribution >= 0.6 is 0 Å². The molecule has 0 aromatic carbocycles. The fraction of sp³-hybridized carbons (Fsp3) is 0.778. The number of methoxy groups -OCH3 is 1. The van der Waals surface area contributed by atoms with Crippen LogP contribution in [0.1, 0.15) is 68.2 Å². The summed E-state index contributed by atoms with van der Waals surface area (Å²) in [7, 11) is 1.23. The fourth-order valence-electron chi connectivity index (χ4n) is 5.61. The monoisotopic (exact) mass is 534 g/mol. The highest BCUT2D eigenvalue weighted by atomic mass is 16.6. The van der Waals surface area contributed by atoms with Crippen molar-refractivity contribution in [1.29, 1.82) is 0 Å². The number of piperidine rings is 1. The Morgan fingerprint density at radius 2 is 1.79 bits per heavy atom. The molecule has 1 aliphatic carbocycles. The highest BCUT2D eigenvalue weighted by Crippen LogP contribution is 2.65. The molecule has 0 unspecified atom stereocenters. The molecule has 0 aromatic rings. The number of nitrogens with one attached hydrogen (secondary N) is 2. The van der Waals surface area contributed by atoms with Gasteiger partial charge in [-0.15, -0.1) is 0 Å². The van der Waals surface area contributed by atoms with Gasteiger partial charge in [-0.2, -0.15) is 4.99 Å². The number of hydrogen-bond donors (Lipinski definition) is 2. The molecule has 0 aromatic heterocycles. The van der Waals surface area contributed by atoms with Crippen LogP contribution in [0.3, 0.4) is 0 Å². The van der Waals surface area contributed by atoms with Crippen LogP contribution in [0.4, 0.5) is 4.79 Å². The molecule has 4 amide bonds. The van der Waals surface area contributed by atoms with Crippen LogP contribution < -0.4 is 10.6 Å². The summed E-state index contributed by atoms with van der Waals surface area (Å²) in [5.41, 5.74) is -1.76. The number of rotatable bonds is 6. The number of hydrogen-bond acceptors (Lipinski definition) is 7. The lowest BCUT2D eigenvalue weighted by atomic mass is 9.88. The molecule has 38 heavy (non-hydrogen) atoms. The first kappa shape index (κ1) is 29.6. The summed E-state index contributed by atoms with van der Waals surface area (Å²) in [6.07, 6.45) is -0.207. The Balaban J connectivity index is 1.88. The van der Waals surface area contributed by atoms with E-state index in [9.17, 15) is 24.0 Å². The number of fused-ring (bicyclic) bond motifs is 1. The molecular weight excluding hydrogens is 492 g/mol. The minimum Gasteiger partial charge on any atom is -0.467 e. The van der Waals surface area contributed by atoms with Crippen LogP contribution in [-0.2, 0) is 28.7 Å². The van der Waals surface area contributed by atoms with Gasteiger partial charge in [0.2, 0.25) is 11.8 Å². The standard InChI is InChI=1S/C27H42N4O7/c1-25(2,3)19(30-24(36)38-26(4,5)6)22(34)31-13-15-17(27(15,7)8)18(31)21(33)29-16(23(35)37-9)12-14-10-11-28-20(14)32/h14-18H,10-13H2,1-9H3,(H,28,32)(H,29,33)/b30-19-/t14-,15-,16-,17-,18-/m0/s1. The third-order valence-corrected chi connectivity index (χ3v) is 7.73. The number of nitrogens with zero attached hydrogens (tertiary/aromatic N) is 2. The van der Waals surface area contributed by atoms with Gasteiger partial charge < -0.3 is 25.0 Å². The smallest absolute Gasteiger partial charge is 0.434 e. The summed E-state index contributed by atoms with van der Waals surface area (Å²) in [4.78, 5) is 70.2. The molecule has 5 atom stereocenters. The molecule has 2 saturated heterocycles. The van der Waals surface area contributed by atoms with E-state index in [0.717, 1.165) is 0 Å². The van der Waals surface area contributed by atoms with Crippen molar-refractivity contribution in [1.82, 2.24) is 15.5 Å². The average molecular weight is 535 g/mol. The SMILES string of the molecule is COC(=O)[C@H](C[C@@H]1CCNC1=O)NC(=O)[C@@H]1[C@@H]2[C@H](CN1C(=O)/C(=N/C(=O)OC(C)(C)C)C(C)(C)C)C2(C)C. The molecule has 1 saturated carbocycles. The second-order valence-electron chi connectivity index (χ2n) is 13.1. The Kier molecular flexibility index (Phi) is 8.01. The maximum atomic E-state index is 13.8. The van der Waals surface area contributed by atoms with Crippen molar-refractivity contribution in [3.05, 3.63) is 0 Å². The average Bonchev–Trinajstić information content (AvgIpc) is 3.14. The van der Waals surface area contributed by atoms with Crippen molar-refractivity contribution < 1.29 is 33.4 Å². The van der Waals surface area contributed by atoms with Crippen LogP contribution in [-0.4, -0.2) is 78.3 Å². The molecular formula is C27H42N4O7. The highest BCUT2D eigenvalue weighted by Gasteiger charge is 2.69. The van der Waals surface area contributed by atoms with Crippen LogP contribution in [0.25, 0.3) is 0 Å². The van der Waals surface area contributed by atoms with E-state index in [1.807, 2.05) is 13.8 Å². The van der Waals surface area contributed by atoms with E-state index in [-0.39, 0.29) is 35.3 Å². The molecule has 3 aliphatic rings. The Morgan fingerprint density at radius 1 is 1.16 bits per heavy atom. The molecule has 212 valence electrons. The normalized spacial score (nSPS) is 27.2. The zero-order valence-corrected chi connectivity index (χ0v) is 24.0. The van der Waals surface area contributed by atoms with Gasteiger partial charge in [-0.05, 0) is 50.9 Å². The number of carbonyl (C=O) groups excluding carboxylic acids is 5. The van der Waals surface area contributed by atoms with E-state index in [1.54, 1.807) is 41.5 Å². The van der Waals surface area contributed by atoms with Gasteiger partial charge in [0.15, 0.2) is 0 Å². The van der Waals surface area contributed by atoms with Crippen LogP contribution in [0.15, 0.2) is 4.99 Å². The number of carbonyl (C=O) groups is 5. The molecule has 2 heterocycles. The van der Waals surface area contributed by atoms with Gasteiger partial charge in [-0.3, -0.25) is 14.4 Å². The van der Waals surface area contributed by atoms with Crippen LogP contribution in [0.2, 0.25) is 0 Å². The van der Waals surface area contributed by atoms with Crippen LogP contribution in [0, 0.1) is 28.6 Å². The number of amides is 4. The maximum Gasteiger partial charge on any atom is 0.434 e. The topological polar surface area (TPSA) is 143 Å². The molecule has 3 fully saturated rings. The molecule has 2 N–H and O–H groups in total. The summed E-state index contributed by atoms with van der Waals surface area (Å²) in [6, 6.07) is -1.89. The van der Waals surface area contributed by atoms with Crippen molar-refractivity contribution >= 4 is 35.5 Å². The molecule has 0 bridgehead atoms. The summed E-state index contributed by atoms with van der Waals surface area (Å²) in [5.74, 6) is -2.28. The third-order valence-electron chi connectivity index (χ3n) is 7.73. The quantitative estimate of drug-likeness (QED) is 0.392. The molecule has 0 spiro atoms. The largest absolute Gasteiger partial charge is 0.467 e. The van der Waals surface area contributed by atoms with Gasteiger partial charge in [0.05, 0.1) is 7.11 Å². The summed E-state index contributed by atoms with van der Waals surface area (Å²) >= 11 is 0. The van der Waals surface area contributed by atoms with E-state index in [1.165, 1.54) is 12.0 Å². The highest BCUT2D eigenvalue weighted by molar-refractivity contribution is 6.42. The van der Waals surface area contributed by atoms with Crippen molar-refractivity contribution in [2.24, 2.45) is 33.6 Å². The van der Waals surface area contributed by atoms with Crippen molar-refractivity contribution in [2.75, 3.05) is 20.2 Å². The van der Waals surface area contributed by atoms with Gasteiger partial charge >= 0.3 is 12.1 Å². The summed E-state index contributed by atoms with van der Waals surface area (Å²) < 4.78 is 10.2. The molecule has 2 aliphatic heterocycles. The lowest BCUT2D eigenvalue weighted by molar-refractivity contribution is -0.147. The van der Waals surface area contributed by atoms with E-state index in [2.05, 4.69) is 15.6 Å². The first-order valence-corrected chi connectivity index (χ1v) is 13.2. The molecule has 3 rings (SSSR count). The van der Waals surface area contributed by atoms with Crippen LogP contribution in [0.5, 0.6) is 0 Å². The molecule has 11 heteroatoms. The Labute approximate surface area is 224 Å². The lowest BCUT2D eigenvalue weighted by Crippen LogP contribution is -2.56. The van der Waals surface area contributed by atoms with Gasteiger partial charge in [-0.25, -0.2) is 9.59 Å². The van der Waals surface area contributed by atoms with E-state index >= 15 is 0 Å². The minimum atomic E-state index is -1.03. The van der Waals surface area contributed by atoms with Gasteiger partial charge in [0, 0.05) is 24.4 Å². The molecule has 11 nitrogen and oxygen atoms in total. The second-order valence-corrected chi connectivity index (χ2v) is 13.1. The summed E-state index contributed by atoms with van der Waals surface area (Å²) in [5, 5.41) is 5.50. The number of likely N-dealkylation sites (tertiary alicyclic amines) is 1. The maximum absolute atomic E-state index is 13.8. The van der Waals surface area contributed by atoms with Crippen molar-refractivity contribution in [3.63, 3.8) is 0 Å². The van der Waals surface area contributed by atoms with Gasteiger partial charge in [0.25, 0.3) is 5.91 Å². The first-order valence-electron chi connectivity index (χ1n) is 13.2. The summed E-state index contributed by atoms with van der Waals surface area (Å²) in [6.45, 7) is 15.4. The van der Waals surface area contributed by atoms with E-state index in [4.69, 9.17) is 9.47 Å². The van der Waals surface area contributed by atoms with Crippen molar-refractivity contribution in [2.45, 2.75) is 85.9 Å². The number of esters is 1. The molecule has 0 radical (unpaired) electrons. The lowest BCUT2D eigenvalue weighted by Gasteiger charge is -2.33.